The van der Waals surface area contributed by atoms with Crippen molar-refractivity contribution in [1.29, 1.82) is 0 Å². The number of aliphatic carboxylic acids is 1. The number of nitrogens with one attached hydrogen (secondary N) is 1. The van der Waals surface area contributed by atoms with Crippen LogP contribution in [-0.2, 0) is 22.6 Å². The topological polar surface area (TPSA) is 110 Å². The number of carbonyl (C=O) groups excluding carboxylic acids is 1. The van der Waals surface area contributed by atoms with E-state index in [0.29, 0.717) is 12.2 Å². The Balaban J connectivity index is 1.95. The summed E-state index contributed by atoms with van der Waals surface area (Å²) >= 11 is 0. The number of hydrogen-bond donors (Lipinski definition) is 3. The Labute approximate surface area is 153 Å². The molecule has 2 rings (SSSR count). The fraction of sp³-hybridized carbons (Fsp3) is 0.421. The Bertz CT molecular complexity index is 750. The van der Waals surface area contributed by atoms with Gasteiger partial charge in [-0.3, -0.25) is 4.79 Å². The number of rotatable bonds is 7. The summed E-state index contributed by atoms with van der Waals surface area (Å²) in [6.45, 7) is 5.94. The first-order valence-electron chi connectivity index (χ1n) is 8.50. The lowest BCUT2D eigenvalue weighted by Crippen LogP contribution is -2.54. The number of carbonyl (C=O) groups is 2. The predicted molar refractivity (Wildman–Crippen MR) is 98.5 cm³/mol. The second-order valence-corrected chi connectivity index (χ2v) is 7.48. The predicted octanol–water partition coefficient (Wildman–Crippen LogP) is 1.42. The van der Waals surface area contributed by atoms with Gasteiger partial charge in [0.05, 0.1) is 18.1 Å². The Morgan fingerprint density at radius 3 is 2.50 bits per heavy atom. The lowest BCUT2D eigenvalue weighted by atomic mass is 9.86. The zero-order valence-corrected chi connectivity index (χ0v) is 15.3. The molecule has 1 amide bonds. The molecule has 0 aliphatic carbocycles. The molecule has 0 fully saturated rings. The van der Waals surface area contributed by atoms with Crippen molar-refractivity contribution in [3.8, 4) is 0 Å². The van der Waals surface area contributed by atoms with Crippen molar-refractivity contribution in [1.82, 2.24) is 14.9 Å². The Hall–Kier alpha value is -2.67. The molecule has 140 valence electrons. The third-order valence-electron chi connectivity index (χ3n) is 4.06. The Kier molecular flexibility index (Phi) is 6.15. The maximum absolute atomic E-state index is 12.3. The lowest BCUT2D eigenvalue weighted by Gasteiger charge is -2.28. The largest absolute Gasteiger partial charge is 0.480 e. The van der Waals surface area contributed by atoms with E-state index in [4.69, 9.17) is 5.73 Å². The number of nitrogens with two attached hydrogens (primary N) is 1. The van der Waals surface area contributed by atoms with Crippen LogP contribution >= 0.6 is 0 Å². The summed E-state index contributed by atoms with van der Waals surface area (Å²) in [5, 5.41) is 11.8. The van der Waals surface area contributed by atoms with Gasteiger partial charge in [0.1, 0.15) is 6.04 Å². The van der Waals surface area contributed by atoms with E-state index in [1.807, 2.05) is 41.1 Å². The second-order valence-electron chi connectivity index (χ2n) is 7.48. The minimum Gasteiger partial charge on any atom is -0.480 e. The van der Waals surface area contributed by atoms with Crippen LogP contribution in [0.2, 0.25) is 0 Å². The highest BCUT2D eigenvalue weighted by atomic mass is 16.4. The first-order chi connectivity index (χ1) is 12.2. The van der Waals surface area contributed by atoms with Crippen LogP contribution < -0.4 is 11.1 Å². The molecule has 7 heteroatoms. The van der Waals surface area contributed by atoms with Gasteiger partial charge in [-0.05, 0) is 11.0 Å². The van der Waals surface area contributed by atoms with Crippen LogP contribution in [0.4, 0.5) is 0 Å². The highest BCUT2D eigenvalue weighted by Crippen LogP contribution is 2.19. The van der Waals surface area contributed by atoms with Crippen LogP contribution in [-0.4, -0.2) is 38.6 Å². The molecule has 0 saturated heterocycles. The van der Waals surface area contributed by atoms with Gasteiger partial charge in [-0.25, -0.2) is 9.78 Å². The summed E-state index contributed by atoms with van der Waals surface area (Å²) in [7, 11) is 0. The van der Waals surface area contributed by atoms with Gasteiger partial charge in [0.25, 0.3) is 0 Å². The van der Waals surface area contributed by atoms with E-state index in [0.717, 1.165) is 5.56 Å². The monoisotopic (exact) mass is 358 g/mol. The SMILES string of the molecule is CC(C)(C)[C@H](NC(=O)[C@@H](N)Cc1cn(Cc2ccccc2)cn1)C(=O)O. The molecule has 2 aromatic rings. The number of nitrogens with zero attached hydrogens (tertiary/aromatic N) is 2. The molecule has 1 heterocycles. The summed E-state index contributed by atoms with van der Waals surface area (Å²) in [6, 6.07) is 8.09. The molecule has 0 bridgehead atoms. The summed E-state index contributed by atoms with van der Waals surface area (Å²) < 4.78 is 1.92. The molecule has 0 saturated carbocycles. The van der Waals surface area contributed by atoms with Crippen molar-refractivity contribution >= 4 is 11.9 Å². The van der Waals surface area contributed by atoms with Crippen molar-refractivity contribution in [3.63, 3.8) is 0 Å². The van der Waals surface area contributed by atoms with E-state index in [1.165, 1.54) is 0 Å². The van der Waals surface area contributed by atoms with Gasteiger partial charge in [-0.15, -0.1) is 0 Å². The normalized spacial score (nSPS) is 13.8. The van der Waals surface area contributed by atoms with Gasteiger partial charge in [-0.1, -0.05) is 51.1 Å². The third-order valence-corrected chi connectivity index (χ3v) is 4.06. The van der Waals surface area contributed by atoms with Gasteiger partial charge >= 0.3 is 5.97 Å². The molecule has 0 aliphatic heterocycles. The fourth-order valence-electron chi connectivity index (χ4n) is 2.61. The average Bonchev–Trinajstić information content (AvgIpc) is 2.98. The number of hydrogen-bond acceptors (Lipinski definition) is 4. The molecule has 1 aromatic carbocycles. The van der Waals surface area contributed by atoms with Gasteiger partial charge < -0.3 is 20.7 Å². The fourth-order valence-corrected chi connectivity index (χ4v) is 2.61. The number of amides is 1. The number of carboxylic acid groups (broad SMARTS) is 1. The number of aromatic nitrogens is 2. The van der Waals surface area contributed by atoms with Gasteiger partial charge in [0.15, 0.2) is 0 Å². The average molecular weight is 358 g/mol. The molecule has 0 spiro atoms. The maximum atomic E-state index is 12.3. The highest BCUT2D eigenvalue weighted by Gasteiger charge is 2.33. The van der Waals surface area contributed by atoms with E-state index < -0.39 is 29.4 Å². The van der Waals surface area contributed by atoms with Gasteiger partial charge in [-0.2, -0.15) is 0 Å². The molecule has 0 radical (unpaired) electrons. The van der Waals surface area contributed by atoms with E-state index in [9.17, 15) is 14.7 Å². The number of carboxylic acids is 1. The molecule has 0 aliphatic rings. The molecular formula is C19H26N4O3. The molecule has 4 N–H and O–H groups in total. The van der Waals surface area contributed by atoms with Crippen molar-refractivity contribution < 1.29 is 14.7 Å². The van der Waals surface area contributed by atoms with E-state index in [2.05, 4.69) is 10.3 Å². The number of imidazole rings is 1. The third kappa shape index (κ3) is 5.42. The quantitative estimate of drug-likeness (QED) is 0.693. The van der Waals surface area contributed by atoms with Crippen LogP contribution in [0, 0.1) is 5.41 Å². The summed E-state index contributed by atoms with van der Waals surface area (Å²) in [5.74, 6) is -1.57. The Morgan fingerprint density at radius 2 is 1.92 bits per heavy atom. The van der Waals surface area contributed by atoms with Gasteiger partial charge in [0.2, 0.25) is 5.91 Å². The highest BCUT2D eigenvalue weighted by molar-refractivity contribution is 5.87. The van der Waals surface area contributed by atoms with E-state index in [-0.39, 0.29) is 6.42 Å². The molecule has 26 heavy (non-hydrogen) atoms. The molecule has 7 nitrogen and oxygen atoms in total. The van der Waals surface area contributed by atoms with Crippen LogP contribution in [0.25, 0.3) is 0 Å². The molecule has 1 aromatic heterocycles. The zero-order valence-electron chi connectivity index (χ0n) is 15.3. The van der Waals surface area contributed by atoms with Crippen molar-refractivity contribution in [3.05, 3.63) is 54.1 Å². The zero-order chi connectivity index (χ0) is 19.3. The second kappa shape index (κ2) is 8.14. The van der Waals surface area contributed by atoms with E-state index >= 15 is 0 Å². The maximum Gasteiger partial charge on any atom is 0.326 e. The summed E-state index contributed by atoms with van der Waals surface area (Å²) in [6.07, 6.45) is 3.78. The lowest BCUT2D eigenvalue weighted by molar-refractivity contribution is -0.145. The minimum absolute atomic E-state index is 0.240. The minimum atomic E-state index is -1.08. The first kappa shape index (κ1) is 19.7. The van der Waals surface area contributed by atoms with Crippen molar-refractivity contribution in [2.45, 2.75) is 45.8 Å². The standard InChI is InChI=1S/C19H26N4O3/c1-19(2,3)16(18(25)26)22-17(24)15(20)9-14-11-23(12-21-14)10-13-7-5-4-6-8-13/h4-8,11-12,15-16H,9-10,20H2,1-3H3,(H,22,24)(H,25,26)/t15-,16+/m0/s1. The van der Waals surface area contributed by atoms with Gasteiger partial charge in [0, 0.05) is 19.2 Å². The van der Waals surface area contributed by atoms with Crippen LogP contribution in [0.5, 0.6) is 0 Å². The van der Waals surface area contributed by atoms with Crippen LogP contribution in [0.3, 0.4) is 0 Å². The summed E-state index contributed by atoms with van der Waals surface area (Å²) in [4.78, 5) is 27.9. The molecule has 0 unspecified atom stereocenters. The van der Waals surface area contributed by atoms with Crippen LogP contribution in [0.1, 0.15) is 32.0 Å². The van der Waals surface area contributed by atoms with Crippen molar-refractivity contribution in [2.24, 2.45) is 11.1 Å². The smallest absolute Gasteiger partial charge is 0.326 e. The molecular weight excluding hydrogens is 332 g/mol. The van der Waals surface area contributed by atoms with Crippen molar-refractivity contribution in [2.75, 3.05) is 0 Å². The molecule has 2 atom stereocenters. The summed E-state index contributed by atoms with van der Waals surface area (Å²) in [5.41, 5.74) is 7.17. The first-order valence-corrected chi connectivity index (χ1v) is 8.50. The number of benzene rings is 1. The Morgan fingerprint density at radius 1 is 1.27 bits per heavy atom. The van der Waals surface area contributed by atoms with E-state index in [1.54, 1.807) is 27.1 Å². The van der Waals surface area contributed by atoms with Crippen LogP contribution in [0.15, 0.2) is 42.9 Å².